The molecule has 22 heavy (non-hydrogen) atoms. The second-order valence-corrected chi connectivity index (χ2v) is 7.91. The van der Waals surface area contributed by atoms with Crippen LogP contribution in [0.1, 0.15) is 30.5 Å². The highest BCUT2D eigenvalue weighted by Gasteiger charge is 2.42. The molecule has 0 heterocycles. The Hall–Kier alpha value is -1.65. The summed E-state index contributed by atoms with van der Waals surface area (Å²) < 4.78 is 28.2. The maximum Gasteiger partial charge on any atom is 0.241 e. The number of hydrogen-bond acceptors (Lipinski definition) is 2. The molecule has 0 bridgehead atoms. The predicted molar refractivity (Wildman–Crippen MR) is 88.0 cm³/mol. The van der Waals surface area contributed by atoms with Crippen LogP contribution in [0.2, 0.25) is 0 Å². The molecule has 1 fully saturated rings. The van der Waals surface area contributed by atoms with Gasteiger partial charge in [-0.3, -0.25) is 0 Å². The predicted octanol–water partition coefficient (Wildman–Crippen LogP) is 3.67. The van der Waals surface area contributed by atoms with Crippen molar-refractivity contribution in [1.82, 2.24) is 4.72 Å². The number of benzene rings is 2. The van der Waals surface area contributed by atoms with Gasteiger partial charge in [0.1, 0.15) is 0 Å². The fraction of sp³-hybridized carbons (Fsp3) is 0.333. The molecule has 0 radical (unpaired) electrons. The molecule has 1 N–H and O–H groups in total. The lowest BCUT2D eigenvalue weighted by molar-refractivity contribution is 0.513. The van der Waals surface area contributed by atoms with Crippen molar-refractivity contribution in [2.24, 2.45) is 11.8 Å². The summed E-state index contributed by atoms with van der Waals surface area (Å²) >= 11 is 0. The Kier molecular flexibility index (Phi) is 4.06. The number of sulfonamides is 1. The summed E-state index contributed by atoms with van der Waals surface area (Å²) in [4.78, 5) is 0.326. The first kappa shape index (κ1) is 15.3. The average Bonchev–Trinajstić information content (AvgIpc) is 3.23. The fourth-order valence-electron chi connectivity index (χ4n) is 2.83. The minimum atomic E-state index is -3.50. The summed E-state index contributed by atoms with van der Waals surface area (Å²) in [5.41, 5.74) is 2.09. The van der Waals surface area contributed by atoms with Gasteiger partial charge in [0.2, 0.25) is 10.0 Å². The zero-order valence-electron chi connectivity index (χ0n) is 12.9. The lowest BCUT2D eigenvalue weighted by Crippen LogP contribution is -2.30. The van der Waals surface area contributed by atoms with Gasteiger partial charge >= 0.3 is 0 Å². The standard InChI is InChI=1S/C18H21NO2S/c1-13-8-10-16(11-9-13)22(20,21)19-18(17-12-14(17)2)15-6-4-3-5-7-15/h3-11,14,17-19H,12H2,1-2H3. The van der Waals surface area contributed by atoms with Gasteiger partial charge in [-0.15, -0.1) is 0 Å². The van der Waals surface area contributed by atoms with Crippen LogP contribution in [0.4, 0.5) is 0 Å². The third-order valence-electron chi connectivity index (χ3n) is 4.37. The van der Waals surface area contributed by atoms with Crippen molar-refractivity contribution in [2.75, 3.05) is 0 Å². The Balaban J connectivity index is 1.88. The van der Waals surface area contributed by atoms with Crippen molar-refractivity contribution in [1.29, 1.82) is 0 Å². The molecule has 0 aliphatic heterocycles. The fourth-order valence-corrected chi connectivity index (χ4v) is 4.11. The van der Waals surface area contributed by atoms with E-state index in [2.05, 4.69) is 11.6 Å². The zero-order valence-corrected chi connectivity index (χ0v) is 13.7. The van der Waals surface area contributed by atoms with Crippen LogP contribution < -0.4 is 4.72 Å². The highest BCUT2D eigenvalue weighted by atomic mass is 32.2. The van der Waals surface area contributed by atoms with E-state index in [-0.39, 0.29) is 6.04 Å². The highest BCUT2D eigenvalue weighted by molar-refractivity contribution is 7.89. The Morgan fingerprint density at radius 2 is 1.64 bits per heavy atom. The van der Waals surface area contributed by atoms with Crippen molar-refractivity contribution in [3.05, 3.63) is 65.7 Å². The molecule has 3 atom stereocenters. The minimum Gasteiger partial charge on any atom is -0.207 e. The van der Waals surface area contributed by atoms with Crippen LogP contribution in [-0.4, -0.2) is 8.42 Å². The molecular formula is C18H21NO2S. The number of hydrogen-bond donors (Lipinski definition) is 1. The third kappa shape index (κ3) is 3.23. The maximum atomic E-state index is 12.7. The molecule has 0 amide bonds. The molecule has 2 aromatic carbocycles. The molecule has 116 valence electrons. The van der Waals surface area contributed by atoms with E-state index >= 15 is 0 Å². The highest BCUT2D eigenvalue weighted by Crippen LogP contribution is 2.47. The van der Waals surface area contributed by atoms with E-state index < -0.39 is 10.0 Å². The van der Waals surface area contributed by atoms with Gasteiger partial charge in [0.15, 0.2) is 0 Å². The molecule has 2 aromatic rings. The third-order valence-corrected chi connectivity index (χ3v) is 5.83. The molecule has 0 spiro atoms. The van der Waals surface area contributed by atoms with Gasteiger partial charge < -0.3 is 0 Å². The molecule has 1 saturated carbocycles. The number of aryl methyl sites for hydroxylation is 1. The summed E-state index contributed by atoms with van der Waals surface area (Å²) in [5.74, 6) is 0.938. The van der Waals surface area contributed by atoms with Gasteiger partial charge in [0, 0.05) is 0 Å². The second-order valence-electron chi connectivity index (χ2n) is 6.20. The van der Waals surface area contributed by atoms with Crippen molar-refractivity contribution >= 4 is 10.0 Å². The first-order valence-corrected chi connectivity index (χ1v) is 9.09. The SMILES string of the molecule is Cc1ccc(S(=O)(=O)NC(c2ccccc2)C2CC2C)cc1. The van der Waals surface area contributed by atoms with Crippen LogP contribution in [-0.2, 0) is 10.0 Å². The minimum absolute atomic E-state index is 0.150. The monoisotopic (exact) mass is 315 g/mol. The van der Waals surface area contributed by atoms with Gasteiger partial charge in [0.25, 0.3) is 0 Å². The van der Waals surface area contributed by atoms with Gasteiger partial charge in [-0.05, 0) is 42.9 Å². The van der Waals surface area contributed by atoms with E-state index in [1.807, 2.05) is 49.4 Å². The van der Waals surface area contributed by atoms with Crippen LogP contribution >= 0.6 is 0 Å². The lowest BCUT2D eigenvalue weighted by Gasteiger charge is -2.19. The maximum absolute atomic E-state index is 12.7. The number of nitrogens with one attached hydrogen (secondary N) is 1. The first-order chi connectivity index (χ1) is 10.5. The smallest absolute Gasteiger partial charge is 0.207 e. The average molecular weight is 315 g/mol. The van der Waals surface area contributed by atoms with Crippen molar-refractivity contribution < 1.29 is 8.42 Å². The van der Waals surface area contributed by atoms with Crippen LogP contribution in [0, 0.1) is 18.8 Å². The van der Waals surface area contributed by atoms with Crippen molar-refractivity contribution in [2.45, 2.75) is 31.2 Å². The van der Waals surface area contributed by atoms with Crippen LogP contribution in [0.15, 0.2) is 59.5 Å². The Morgan fingerprint density at radius 1 is 1.05 bits per heavy atom. The molecular weight excluding hydrogens is 294 g/mol. The van der Waals surface area contributed by atoms with Crippen LogP contribution in [0.3, 0.4) is 0 Å². The summed E-state index contributed by atoms with van der Waals surface area (Å²) in [5, 5.41) is 0. The van der Waals surface area contributed by atoms with Gasteiger partial charge in [-0.1, -0.05) is 55.0 Å². The Bertz CT molecular complexity index is 738. The molecule has 0 aromatic heterocycles. The lowest BCUT2D eigenvalue weighted by atomic mass is 10.0. The molecule has 3 rings (SSSR count). The molecule has 1 aliphatic rings. The largest absolute Gasteiger partial charge is 0.241 e. The molecule has 3 unspecified atom stereocenters. The summed E-state index contributed by atoms with van der Waals surface area (Å²) in [6.45, 7) is 4.11. The van der Waals surface area contributed by atoms with Crippen LogP contribution in [0.25, 0.3) is 0 Å². The first-order valence-electron chi connectivity index (χ1n) is 7.61. The van der Waals surface area contributed by atoms with E-state index in [1.165, 1.54) is 0 Å². The topological polar surface area (TPSA) is 46.2 Å². The number of rotatable bonds is 5. The van der Waals surface area contributed by atoms with E-state index in [1.54, 1.807) is 12.1 Å². The van der Waals surface area contributed by atoms with Gasteiger partial charge in [0.05, 0.1) is 10.9 Å². The molecule has 1 aliphatic carbocycles. The van der Waals surface area contributed by atoms with Gasteiger partial charge in [-0.25, -0.2) is 13.1 Å². The van der Waals surface area contributed by atoms with Crippen molar-refractivity contribution in [3.8, 4) is 0 Å². The molecule has 3 nitrogen and oxygen atoms in total. The van der Waals surface area contributed by atoms with E-state index in [9.17, 15) is 8.42 Å². The summed E-state index contributed by atoms with van der Waals surface area (Å²) in [6.07, 6.45) is 1.07. The Labute approximate surface area is 132 Å². The Morgan fingerprint density at radius 3 is 2.18 bits per heavy atom. The molecule has 4 heteroatoms. The van der Waals surface area contributed by atoms with E-state index in [0.29, 0.717) is 16.7 Å². The van der Waals surface area contributed by atoms with Crippen LogP contribution in [0.5, 0.6) is 0 Å². The van der Waals surface area contributed by atoms with E-state index in [0.717, 1.165) is 17.5 Å². The van der Waals surface area contributed by atoms with E-state index in [4.69, 9.17) is 0 Å². The second kappa shape index (κ2) is 5.86. The summed E-state index contributed by atoms with van der Waals surface area (Å²) in [6, 6.07) is 16.7. The zero-order chi connectivity index (χ0) is 15.7. The normalized spacial score (nSPS) is 22.3. The summed E-state index contributed by atoms with van der Waals surface area (Å²) in [7, 11) is -3.50. The molecule has 0 saturated heterocycles. The quantitative estimate of drug-likeness (QED) is 0.915. The van der Waals surface area contributed by atoms with Gasteiger partial charge in [-0.2, -0.15) is 0 Å². The van der Waals surface area contributed by atoms with Crippen molar-refractivity contribution in [3.63, 3.8) is 0 Å².